The predicted octanol–water partition coefficient (Wildman–Crippen LogP) is 8.46. The van der Waals surface area contributed by atoms with Crippen LogP contribution < -0.4 is 0 Å². The molecular formula is C26H28ClF3N2O. The van der Waals surface area contributed by atoms with E-state index in [1.54, 1.807) is 48.0 Å². The highest BCUT2D eigenvalue weighted by molar-refractivity contribution is 6.31. The van der Waals surface area contributed by atoms with E-state index in [9.17, 15) is 18.0 Å². The van der Waals surface area contributed by atoms with E-state index in [0.717, 1.165) is 29.5 Å². The van der Waals surface area contributed by atoms with Crippen LogP contribution in [0.25, 0.3) is 22.4 Å². The standard InChI is InChI=1S/C15H10ClF3N2.C7H6O.2C2H6/c1-21-13-8-11(16)5-6-12(13)20-14(21)9-3-2-4-10(7-9)15(17,18)19;8-6-7-4-2-1-3-5-7;2*1-2/h2-8H,1H3;1-6H;2*1-2H3. The van der Waals surface area contributed by atoms with Crippen LogP contribution in [0.1, 0.15) is 43.6 Å². The third kappa shape index (κ3) is 7.75. The van der Waals surface area contributed by atoms with Gasteiger partial charge in [-0.1, -0.05) is 81.8 Å². The minimum atomic E-state index is -4.37. The summed E-state index contributed by atoms with van der Waals surface area (Å²) in [4.78, 5) is 14.4. The van der Waals surface area contributed by atoms with E-state index in [4.69, 9.17) is 11.6 Å². The molecule has 0 N–H and O–H groups in total. The molecule has 4 rings (SSSR count). The number of aromatic nitrogens is 2. The molecule has 176 valence electrons. The van der Waals surface area contributed by atoms with E-state index >= 15 is 0 Å². The first-order valence-corrected chi connectivity index (χ1v) is 11.0. The monoisotopic (exact) mass is 476 g/mol. The fourth-order valence-corrected chi connectivity index (χ4v) is 2.95. The van der Waals surface area contributed by atoms with Gasteiger partial charge in [-0.25, -0.2) is 4.98 Å². The number of halogens is 4. The first kappa shape index (κ1) is 27.9. The molecule has 0 fully saturated rings. The SMILES string of the molecule is CC.CC.Cn1c(-c2cccc(C(F)(F)F)c2)nc2ccc(Cl)cc21.O=Cc1ccccc1. The third-order valence-electron chi connectivity index (χ3n) is 4.23. The van der Waals surface area contributed by atoms with Gasteiger partial charge in [-0.3, -0.25) is 4.79 Å². The van der Waals surface area contributed by atoms with E-state index in [0.29, 0.717) is 21.9 Å². The van der Waals surface area contributed by atoms with Crippen molar-refractivity contribution in [1.29, 1.82) is 0 Å². The van der Waals surface area contributed by atoms with E-state index in [1.165, 1.54) is 6.07 Å². The summed E-state index contributed by atoms with van der Waals surface area (Å²) in [7, 11) is 1.75. The lowest BCUT2D eigenvalue weighted by Crippen LogP contribution is -2.05. The van der Waals surface area contributed by atoms with Gasteiger partial charge in [0, 0.05) is 23.2 Å². The van der Waals surface area contributed by atoms with Crippen molar-refractivity contribution in [1.82, 2.24) is 9.55 Å². The van der Waals surface area contributed by atoms with Crippen molar-refractivity contribution in [2.45, 2.75) is 33.9 Å². The minimum absolute atomic E-state index is 0.416. The van der Waals surface area contributed by atoms with Crippen LogP contribution in [0.5, 0.6) is 0 Å². The van der Waals surface area contributed by atoms with Gasteiger partial charge < -0.3 is 4.57 Å². The van der Waals surface area contributed by atoms with Gasteiger partial charge in [0.2, 0.25) is 0 Å². The number of hydrogen-bond acceptors (Lipinski definition) is 2. The number of benzene rings is 3. The van der Waals surface area contributed by atoms with Crippen molar-refractivity contribution in [2.24, 2.45) is 7.05 Å². The zero-order valence-corrected chi connectivity index (χ0v) is 20.1. The van der Waals surface area contributed by atoms with Gasteiger partial charge >= 0.3 is 6.18 Å². The Labute approximate surface area is 197 Å². The molecule has 0 spiro atoms. The number of nitrogens with zero attached hydrogens (tertiary/aromatic N) is 2. The molecule has 0 aliphatic heterocycles. The Hall–Kier alpha value is -3.12. The van der Waals surface area contributed by atoms with Gasteiger partial charge in [0.05, 0.1) is 16.6 Å². The van der Waals surface area contributed by atoms with Crippen molar-refractivity contribution in [3.8, 4) is 11.4 Å². The largest absolute Gasteiger partial charge is 0.416 e. The Morgan fingerprint density at radius 1 is 0.879 bits per heavy atom. The topological polar surface area (TPSA) is 34.9 Å². The molecule has 1 heterocycles. The van der Waals surface area contributed by atoms with Crippen LogP contribution in [0.2, 0.25) is 5.02 Å². The molecule has 4 aromatic rings. The molecule has 33 heavy (non-hydrogen) atoms. The van der Waals surface area contributed by atoms with Crippen molar-refractivity contribution >= 4 is 28.9 Å². The number of carbonyl (C=O) groups is 1. The maximum atomic E-state index is 12.8. The molecular weight excluding hydrogens is 449 g/mol. The van der Waals surface area contributed by atoms with Gasteiger partial charge in [-0.15, -0.1) is 0 Å². The lowest BCUT2D eigenvalue weighted by Gasteiger charge is -2.08. The Kier molecular flexibility index (Phi) is 11.4. The van der Waals surface area contributed by atoms with E-state index < -0.39 is 11.7 Å². The normalized spacial score (nSPS) is 10.1. The van der Waals surface area contributed by atoms with Gasteiger partial charge in [-0.05, 0) is 30.3 Å². The fraction of sp³-hybridized carbons (Fsp3) is 0.231. The zero-order valence-electron chi connectivity index (χ0n) is 19.3. The summed E-state index contributed by atoms with van der Waals surface area (Å²) in [5, 5.41) is 0.557. The smallest absolute Gasteiger partial charge is 0.327 e. The highest BCUT2D eigenvalue weighted by Crippen LogP contribution is 2.33. The number of alkyl halides is 3. The number of fused-ring (bicyclic) bond motifs is 1. The number of aldehydes is 1. The Morgan fingerprint density at radius 3 is 2.06 bits per heavy atom. The van der Waals surface area contributed by atoms with Crippen LogP contribution in [-0.4, -0.2) is 15.8 Å². The molecule has 0 saturated heterocycles. The van der Waals surface area contributed by atoms with E-state index in [2.05, 4.69) is 4.98 Å². The number of aryl methyl sites for hydroxylation is 1. The van der Waals surface area contributed by atoms with E-state index in [-0.39, 0.29) is 0 Å². The lowest BCUT2D eigenvalue weighted by molar-refractivity contribution is -0.137. The van der Waals surface area contributed by atoms with Gasteiger partial charge in [0.15, 0.2) is 0 Å². The summed E-state index contributed by atoms with van der Waals surface area (Å²) in [6, 6.07) is 19.4. The molecule has 7 heteroatoms. The Morgan fingerprint density at radius 2 is 1.52 bits per heavy atom. The minimum Gasteiger partial charge on any atom is -0.327 e. The highest BCUT2D eigenvalue weighted by Gasteiger charge is 2.30. The first-order valence-electron chi connectivity index (χ1n) is 10.6. The summed E-state index contributed by atoms with van der Waals surface area (Å²) in [6.07, 6.45) is -3.54. The molecule has 0 bridgehead atoms. The molecule has 0 saturated carbocycles. The molecule has 0 atom stereocenters. The van der Waals surface area contributed by atoms with Gasteiger partial charge in [-0.2, -0.15) is 13.2 Å². The van der Waals surface area contributed by atoms with Crippen molar-refractivity contribution in [3.05, 3.63) is 88.9 Å². The molecule has 3 aromatic carbocycles. The molecule has 0 aliphatic carbocycles. The van der Waals surface area contributed by atoms with Crippen molar-refractivity contribution in [2.75, 3.05) is 0 Å². The fourth-order valence-electron chi connectivity index (χ4n) is 2.79. The highest BCUT2D eigenvalue weighted by atomic mass is 35.5. The number of imidazole rings is 1. The molecule has 0 unspecified atom stereocenters. The lowest BCUT2D eigenvalue weighted by atomic mass is 10.1. The molecule has 0 aliphatic rings. The van der Waals surface area contributed by atoms with Crippen LogP contribution in [0.3, 0.4) is 0 Å². The second-order valence-corrected chi connectivity index (χ2v) is 6.67. The van der Waals surface area contributed by atoms with Crippen molar-refractivity contribution in [3.63, 3.8) is 0 Å². The van der Waals surface area contributed by atoms with E-state index in [1.807, 2.05) is 45.9 Å². The summed E-state index contributed by atoms with van der Waals surface area (Å²) < 4.78 is 40.1. The van der Waals surface area contributed by atoms with Crippen LogP contribution in [0, 0.1) is 0 Å². The summed E-state index contributed by atoms with van der Waals surface area (Å²) in [5.74, 6) is 0.471. The molecule has 3 nitrogen and oxygen atoms in total. The quantitative estimate of drug-likeness (QED) is 0.272. The molecule has 0 amide bonds. The number of carbonyl (C=O) groups excluding carboxylic acids is 1. The second kappa shape index (κ2) is 13.4. The predicted molar refractivity (Wildman–Crippen MR) is 131 cm³/mol. The molecule has 1 aromatic heterocycles. The number of rotatable bonds is 2. The van der Waals surface area contributed by atoms with Crippen LogP contribution in [0.4, 0.5) is 13.2 Å². The zero-order chi connectivity index (χ0) is 25.0. The summed E-state index contributed by atoms with van der Waals surface area (Å²) >= 11 is 5.94. The molecule has 0 radical (unpaired) electrons. The first-order chi connectivity index (χ1) is 15.8. The van der Waals surface area contributed by atoms with Gasteiger partial charge in [0.1, 0.15) is 12.1 Å². The second-order valence-electron chi connectivity index (χ2n) is 6.23. The van der Waals surface area contributed by atoms with Crippen LogP contribution in [-0.2, 0) is 13.2 Å². The van der Waals surface area contributed by atoms with Crippen LogP contribution in [0.15, 0.2) is 72.8 Å². The summed E-state index contributed by atoms with van der Waals surface area (Å²) in [6.45, 7) is 8.00. The Balaban J connectivity index is 0.000000380. The average Bonchev–Trinajstić information content (AvgIpc) is 3.18. The summed E-state index contributed by atoms with van der Waals surface area (Å²) in [5.41, 5.74) is 1.92. The van der Waals surface area contributed by atoms with Crippen molar-refractivity contribution < 1.29 is 18.0 Å². The van der Waals surface area contributed by atoms with Gasteiger partial charge in [0.25, 0.3) is 0 Å². The maximum Gasteiger partial charge on any atom is 0.416 e. The maximum absolute atomic E-state index is 12.8. The number of hydrogen-bond donors (Lipinski definition) is 0. The average molecular weight is 477 g/mol. The Bertz CT molecular complexity index is 1140. The van der Waals surface area contributed by atoms with Crippen LogP contribution >= 0.6 is 11.6 Å². The third-order valence-corrected chi connectivity index (χ3v) is 4.46.